The van der Waals surface area contributed by atoms with E-state index in [2.05, 4.69) is 10.3 Å². The van der Waals surface area contributed by atoms with Gasteiger partial charge in [0.25, 0.3) is 0 Å². The maximum Gasteiger partial charge on any atom is 0.229 e. The van der Waals surface area contributed by atoms with Crippen LogP contribution in [0.15, 0.2) is 42.6 Å². The Labute approximate surface area is 115 Å². The highest BCUT2D eigenvalue weighted by atomic mass is 35.5. The van der Waals surface area contributed by atoms with Gasteiger partial charge in [-0.05, 0) is 29.8 Å². The summed E-state index contributed by atoms with van der Waals surface area (Å²) in [5.41, 5.74) is 0.879. The van der Waals surface area contributed by atoms with Crippen molar-refractivity contribution < 1.29 is 4.79 Å². The molecule has 0 bridgehead atoms. The standard InChI is InChI=1S/C13H10Cl2N2O/c14-10-5-3-9(4-6-10)8-12(18)17-13-11(15)2-1-7-16-13/h1-7H,8H2,(H,16,17,18). The van der Waals surface area contributed by atoms with E-state index in [-0.39, 0.29) is 12.3 Å². The summed E-state index contributed by atoms with van der Waals surface area (Å²) < 4.78 is 0. The fourth-order valence-electron chi connectivity index (χ4n) is 1.44. The van der Waals surface area contributed by atoms with Gasteiger partial charge in [-0.3, -0.25) is 4.79 Å². The lowest BCUT2D eigenvalue weighted by Gasteiger charge is -2.05. The van der Waals surface area contributed by atoms with Crippen LogP contribution < -0.4 is 5.32 Å². The predicted octanol–water partition coefficient (Wildman–Crippen LogP) is 3.57. The van der Waals surface area contributed by atoms with Crippen LogP contribution in [0.5, 0.6) is 0 Å². The van der Waals surface area contributed by atoms with Crippen LogP contribution in [-0.4, -0.2) is 10.9 Å². The van der Waals surface area contributed by atoms with Crippen LogP contribution in [-0.2, 0) is 11.2 Å². The van der Waals surface area contributed by atoms with Gasteiger partial charge in [-0.2, -0.15) is 0 Å². The molecule has 1 amide bonds. The van der Waals surface area contributed by atoms with Crippen LogP contribution >= 0.6 is 23.2 Å². The minimum atomic E-state index is -0.169. The normalized spacial score (nSPS) is 10.1. The molecule has 0 unspecified atom stereocenters. The molecule has 0 spiro atoms. The molecule has 0 radical (unpaired) electrons. The van der Waals surface area contributed by atoms with E-state index in [1.54, 1.807) is 30.5 Å². The van der Waals surface area contributed by atoms with Crippen molar-refractivity contribution in [3.05, 3.63) is 58.2 Å². The second kappa shape index (κ2) is 5.85. The van der Waals surface area contributed by atoms with E-state index in [1.165, 1.54) is 0 Å². The smallest absolute Gasteiger partial charge is 0.229 e. The van der Waals surface area contributed by atoms with Crippen LogP contribution in [0.4, 0.5) is 5.82 Å². The van der Waals surface area contributed by atoms with Gasteiger partial charge in [0.15, 0.2) is 5.82 Å². The van der Waals surface area contributed by atoms with Crippen molar-refractivity contribution in [2.75, 3.05) is 5.32 Å². The molecule has 3 nitrogen and oxygen atoms in total. The Morgan fingerprint density at radius 3 is 2.56 bits per heavy atom. The highest BCUT2D eigenvalue weighted by molar-refractivity contribution is 6.33. The van der Waals surface area contributed by atoms with Crippen molar-refractivity contribution in [1.29, 1.82) is 0 Å². The average Bonchev–Trinajstić information content (AvgIpc) is 2.35. The second-order valence-corrected chi connectivity index (χ2v) is 4.53. The molecule has 2 aromatic rings. The molecule has 0 atom stereocenters. The van der Waals surface area contributed by atoms with E-state index >= 15 is 0 Å². The van der Waals surface area contributed by atoms with Crippen LogP contribution in [0.2, 0.25) is 10.0 Å². The summed E-state index contributed by atoms with van der Waals surface area (Å²) in [5, 5.41) is 3.72. The van der Waals surface area contributed by atoms with Crippen molar-refractivity contribution in [3.63, 3.8) is 0 Å². The van der Waals surface area contributed by atoms with Gasteiger partial charge >= 0.3 is 0 Å². The molecule has 5 heteroatoms. The Kier molecular flexibility index (Phi) is 4.18. The monoisotopic (exact) mass is 280 g/mol. The van der Waals surface area contributed by atoms with Crippen LogP contribution in [0.1, 0.15) is 5.56 Å². The van der Waals surface area contributed by atoms with E-state index in [0.717, 1.165) is 5.56 Å². The van der Waals surface area contributed by atoms with Gasteiger partial charge in [0, 0.05) is 11.2 Å². The highest BCUT2D eigenvalue weighted by Gasteiger charge is 2.07. The lowest BCUT2D eigenvalue weighted by molar-refractivity contribution is -0.115. The molecule has 1 aromatic heterocycles. The van der Waals surface area contributed by atoms with E-state index in [4.69, 9.17) is 23.2 Å². The first-order valence-electron chi connectivity index (χ1n) is 5.30. The summed E-state index contributed by atoms with van der Waals surface area (Å²) >= 11 is 11.7. The Bertz CT molecular complexity index is 555. The third-order valence-electron chi connectivity index (χ3n) is 2.29. The molecule has 0 saturated carbocycles. The first-order valence-corrected chi connectivity index (χ1v) is 6.05. The van der Waals surface area contributed by atoms with Gasteiger partial charge in [0.1, 0.15) is 0 Å². The lowest BCUT2D eigenvalue weighted by atomic mass is 10.1. The summed E-state index contributed by atoms with van der Waals surface area (Å²) in [6.45, 7) is 0. The first kappa shape index (κ1) is 12.9. The number of nitrogens with one attached hydrogen (secondary N) is 1. The molecule has 0 aliphatic carbocycles. The van der Waals surface area contributed by atoms with Gasteiger partial charge in [0.05, 0.1) is 11.4 Å². The van der Waals surface area contributed by atoms with Crippen molar-refractivity contribution in [1.82, 2.24) is 4.98 Å². The number of aromatic nitrogens is 1. The minimum Gasteiger partial charge on any atom is -0.309 e. The van der Waals surface area contributed by atoms with Crippen LogP contribution in [0.3, 0.4) is 0 Å². The van der Waals surface area contributed by atoms with E-state index < -0.39 is 0 Å². The molecule has 0 fully saturated rings. The van der Waals surface area contributed by atoms with Gasteiger partial charge in [-0.15, -0.1) is 0 Å². The van der Waals surface area contributed by atoms with E-state index in [1.807, 2.05) is 12.1 Å². The number of anilines is 1. The molecule has 1 aromatic carbocycles. The number of carbonyl (C=O) groups is 1. The fourth-order valence-corrected chi connectivity index (χ4v) is 1.74. The molecule has 2 rings (SSSR count). The Morgan fingerprint density at radius 2 is 1.89 bits per heavy atom. The quantitative estimate of drug-likeness (QED) is 0.934. The molecular weight excluding hydrogens is 271 g/mol. The number of hydrogen-bond acceptors (Lipinski definition) is 2. The number of hydrogen-bond donors (Lipinski definition) is 1. The fraction of sp³-hybridized carbons (Fsp3) is 0.0769. The van der Waals surface area contributed by atoms with Crippen molar-refractivity contribution >= 4 is 34.9 Å². The van der Waals surface area contributed by atoms with Crippen LogP contribution in [0.25, 0.3) is 0 Å². The molecule has 1 N–H and O–H groups in total. The van der Waals surface area contributed by atoms with Gasteiger partial charge in [0.2, 0.25) is 5.91 Å². The second-order valence-electron chi connectivity index (χ2n) is 3.69. The Morgan fingerprint density at radius 1 is 1.17 bits per heavy atom. The number of halogens is 2. The zero-order chi connectivity index (χ0) is 13.0. The lowest BCUT2D eigenvalue weighted by Crippen LogP contribution is -2.15. The van der Waals surface area contributed by atoms with Gasteiger partial charge in [-0.25, -0.2) is 4.98 Å². The number of amides is 1. The van der Waals surface area contributed by atoms with Crippen molar-refractivity contribution in [2.24, 2.45) is 0 Å². The summed E-state index contributed by atoms with van der Waals surface area (Å²) in [5.74, 6) is 0.205. The van der Waals surface area contributed by atoms with Crippen molar-refractivity contribution in [2.45, 2.75) is 6.42 Å². The van der Waals surface area contributed by atoms with Gasteiger partial charge in [-0.1, -0.05) is 35.3 Å². The van der Waals surface area contributed by atoms with E-state index in [9.17, 15) is 4.79 Å². The number of carbonyl (C=O) groups excluding carboxylic acids is 1. The maximum absolute atomic E-state index is 11.8. The summed E-state index contributed by atoms with van der Waals surface area (Å²) in [6.07, 6.45) is 1.83. The summed E-state index contributed by atoms with van der Waals surface area (Å²) in [4.78, 5) is 15.8. The van der Waals surface area contributed by atoms with Gasteiger partial charge < -0.3 is 5.32 Å². The first-order chi connectivity index (χ1) is 8.65. The summed E-state index contributed by atoms with van der Waals surface area (Å²) in [6, 6.07) is 10.5. The highest BCUT2D eigenvalue weighted by Crippen LogP contribution is 2.17. The van der Waals surface area contributed by atoms with E-state index in [0.29, 0.717) is 15.9 Å². The predicted molar refractivity (Wildman–Crippen MR) is 73.0 cm³/mol. The van der Waals surface area contributed by atoms with Crippen molar-refractivity contribution in [3.8, 4) is 0 Å². The number of benzene rings is 1. The Balaban J connectivity index is 2.01. The largest absolute Gasteiger partial charge is 0.309 e. The molecule has 0 aliphatic heterocycles. The molecule has 92 valence electrons. The number of nitrogens with zero attached hydrogens (tertiary/aromatic N) is 1. The third kappa shape index (κ3) is 3.45. The Hall–Kier alpha value is -1.58. The molecule has 0 saturated heterocycles. The SMILES string of the molecule is O=C(Cc1ccc(Cl)cc1)Nc1ncccc1Cl. The number of rotatable bonds is 3. The number of pyridine rings is 1. The maximum atomic E-state index is 11.8. The van der Waals surface area contributed by atoms with Crippen LogP contribution in [0, 0.1) is 0 Å². The average molecular weight is 281 g/mol. The molecule has 18 heavy (non-hydrogen) atoms. The topological polar surface area (TPSA) is 42.0 Å². The molecular formula is C13H10Cl2N2O. The molecule has 0 aliphatic rings. The molecule has 1 heterocycles. The minimum absolute atomic E-state index is 0.169. The summed E-state index contributed by atoms with van der Waals surface area (Å²) in [7, 11) is 0. The zero-order valence-electron chi connectivity index (χ0n) is 9.36. The zero-order valence-corrected chi connectivity index (χ0v) is 10.9. The third-order valence-corrected chi connectivity index (χ3v) is 2.85.